The SMILES string of the molecule is Cc1n[nH]c(C)c1NC(=O)Nc1nnc(Cc2cccc(F)c2)s1. The van der Waals surface area contributed by atoms with E-state index in [9.17, 15) is 9.18 Å². The number of aromatic amines is 1. The van der Waals surface area contributed by atoms with Gasteiger partial charge in [-0.05, 0) is 31.5 Å². The molecule has 3 N–H and O–H groups in total. The molecule has 1 aromatic carbocycles. The predicted molar refractivity (Wildman–Crippen MR) is 89.8 cm³/mol. The topological polar surface area (TPSA) is 95.6 Å². The number of H-pyrrole nitrogens is 1. The lowest BCUT2D eigenvalue weighted by molar-refractivity contribution is 0.262. The van der Waals surface area contributed by atoms with Crippen molar-refractivity contribution in [3.8, 4) is 0 Å². The first kappa shape index (κ1) is 16.1. The van der Waals surface area contributed by atoms with E-state index in [2.05, 4.69) is 31.0 Å². The van der Waals surface area contributed by atoms with Crippen LogP contribution >= 0.6 is 11.3 Å². The van der Waals surface area contributed by atoms with Gasteiger partial charge in [-0.15, -0.1) is 10.2 Å². The van der Waals surface area contributed by atoms with E-state index in [4.69, 9.17) is 0 Å². The van der Waals surface area contributed by atoms with Crippen molar-refractivity contribution >= 4 is 28.2 Å². The van der Waals surface area contributed by atoms with Crippen molar-refractivity contribution in [2.75, 3.05) is 10.6 Å². The van der Waals surface area contributed by atoms with Gasteiger partial charge in [0.15, 0.2) is 0 Å². The molecule has 0 radical (unpaired) electrons. The Morgan fingerprint density at radius 2 is 2.12 bits per heavy atom. The van der Waals surface area contributed by atoms with Crippen LogP contribution < -0.4 is 10.6 Å². The number of aromatic nitrogens is 4. The molecule has 2 amide bonds. The number of anilines is 2. The average molecular weight is 346 g/mol. The molecule has 0 saturated carbocycles. The summed E-state index contributed by atoms with van der Waals surface area (Å²) in [6, 6.07) is 5.88. The highest BCUT2D eigenvalue weighted by molar-refractivity contribution is 7.15. The molecule has 2 aromatic heterocycles. The molecule has 0 aliphatic carbocycles. The first-order chi connectivity index (χ1) is 11.5. The minimum atomic E-state index is -0.420. The number of carbonyl (C=O) groups is 1. The van der Waals surface area contributed by atoms with E-state index >= 15 is 0 Å². The summed E-state index contributed by atoms with van der Waals surface area (Å²) in [7, 11) is 0. The van der Waals surface area contributed by atoms with E-state index in [1.165, 1.54) is 23.5 Å². The monoisotopic (exact) mass is 346 g/mol. The first-order valence-electron chi connectivity index (χ1n) is 7.17. The Hall–Kier alpha value is -2.81. The molecule has 0 fully saturated rings. The first-order valence-corrected chi connectivity index (χ1v) is 7.99. The standard InChI is InChI=1S/C15H15FN6OS/c1-8-13(9(2)20-19-8)17-14(23)18-15-22-21-12(24-15)7-10-4-3-5-11(16)6-10/h3-6H,7H2,1-2H3,(H,19,20)(H2,17,18,22,23). The van der Waals surface area contributed by atoms with Crippen LogP contribution in [0.25, 0.3) is 0 Å². The van der Waals surface area contributed by atoms with Crippen molar-refractivity contribution < 1.29 is 9.18 Å². The largest absolute Gasteiger partial charge is 0.325 e. The molecule has 124 valence electrons. The van der Waals surface area contributed by atoms with Gasteiger partial charge in [-0.2, -0.15) is 5.10 Å². The summed E-state index contributed by atoms with van der Waals surface area (Å²) < 4.78 is 13.2. The minimum absolute atomic E-state index is 0.291. The van der Waals surface area contributed by atoms with Crippen molar-refractivity contribution in [3.63, 3.8) is 0 Å². The zero-order chi connectivity index (χ0) is 17.1. The summed E-state index contributed by atoms with van der Waals surface area (Å²) in [5.41, 5.74) is 2.90. The lowest BCUT2D eigenvalue weighted by atomic mass is 10.1. The summed E-state index contributed by atoms with van der Waals surface area (Å²) in [5, 5.41) is 21.2. The van der Waals surface area contributed by atoms with Gasteiger partial charge in [0.1, 0.15) is 10.8 Å². The molecule has 0 bridgehead atoms. The highest BCUT2D eigenvalue weighted by Crippen LogP contribution is 2.20. The zero-order valence-corrected chi connectivity index (χ0v) is 13.9. The number of nitrogens with zero attached hydrogens (tertiary/aromatic N) is 3. The van der Waals surface area contributed by atoms with Crippen LogP contribution in [-0.4, -0.2) is 26.4 Å². The maximum atomic E-state index is 13.2. The number of hydrogen-bond acceptors (Lipinski definition) is 5. The molecule has 0 aliphatic heterocycles. The molecule has 3 rings (SSSR count). The third kappa shape index (κ3) is 3.74. The van der Waals surface area contributed by atoms with Crippen LogP contribution in [0.2, 0.25) is 0 Å². The Balaban J connectivity index is 1.62. The lowest BCUT2D eigenvalue weighted by Crippen LogP contribution is -2.20. The van der Waals surface area contributed by atoms with Gasteiger partial charge in [0.05, 0.1) is 17.1 Å². The van der Waals surface area contributed by atoms with Crippen molar-refractivity contribution in [1.82, 2.24) is 20.4 Å². The van der Waals surface area contributed by atoms with Crippen LogP contribution in [0.4, 0.5) is 20.0 Å². The van der Waals surface area contributed by atoms with Crippen molar-refractivity contribution in [2.24, 2.45) is 0 Å². The molecule has 0 atom stereocenters. The molecule has 0 spiro atoms. The summed E-state index contributed by atoms with van der Waals surface area (Å²) in [6.07, 6.45) is 0.457. The van der Waals surface area contributed by atoms with Crippen LogP contribution in [0, 0.1) is 19.7 Å². The quantitative estimate of drug-likeness (QED) is 0.676. The number of aryl methyl sites for hydroxylation is 2. The van der Waals surface area contributed by atoms with Crippen LogP contribution in [0.1, 0.15) is 22.0 Å². The lowest BCUT2D eigenvalue weighted by Gasteiger charge is -2.04. The number of rotatable bonds is 4. The predicted octanol–water partition coefficient (Wildman–Crippen LogP) is 3.25. The van der Waals surface area contributed by atoms with Crippen molar-refractivity contribution in [2.45, 2.75) is 20.3 Å². The third-order valence-corrected chi connectivity index (χ3v) is 4.14. The fourth-order valence-corrected chi connectivity index (χ4v) is 2.94. The van der Waals surface area contributed by atoms with E-state index < -0.39 is 6.03 Å². The molecule has 0 saturated heterocycles. The number of urea groups is 1. The Labute approximate surface area is 141 Å². The second kappa shape index (κ2) is 6.75. The van der Waals surface area contributed by atoms with E-state index in [0.29, 0.717) is 27.9 Å². The normalized spacial score (nSPS) is 10.6. The van der Waals surface area contributed by atoms with Gasteiger partial charge < -0.3 is 5.32 Å². The molecule has 9 heteroatoms. The smallest absolute Gasteiger partial charge is 0.304 e. The second-order valence-electron chi connectivity index (χ2n) is 5.20. The number of hydrogen-bond donors (Lipinski definition) is 3. The van der Waals surface area contributed by atoms with Crippen LogP contribution in [0.5, 0.6) is 0 Å². The second-order valence-corrected chi connectivity index (χ2v) is 6.26. The molecular weight excluding hydrogens is 331 g/mol. The molecule has 3 aromatic rings. The van der Waals surface area contributed by atoms with E-state index in [1.807, 2.05) is 13.0 Å². The van der Waals surface area contributed by atoms with Crippen LogP contribution in [0.3, 0.4) is 0 Å². The molecular formula is C15H15FN6OS. The third-order valence-electron chi connectivity index (χ3n) is 3.30. The van der Waals surface area contributed by atoms with Crippen LogP contribution in [0.15, 0.2) is 24.3 Å². The molecule has 0 aliphatic rings. The van der Waals surface area contributed by atoms with Gasteiger partial charge in [-0.1, -0.05) is 23.5 Å². The molecule has 7 nitrogen and oxygen atoms in total. The average Bonchev–Trinajstić information content (AvgIpc) is 3.08. The summed E-state index contributed by atoms with van der Waals surface area (Å²) in [4.78, 5) is 12.0. The number of halogens is 1. The van der Waals surface area contributed by atoms with Gasteiger partial charge in [0.2, 0.25) is 5.13 Å². The highest BCUT2D eigenvalue weighted by atomic mass is 32.1. The van der Waals surface area contributed by atoms with Gasteiger partial charge in [0, 0.05) is 6.42 Å². The number of nitrogens with one attached hydrogen (secondary N) is 3. The maximum Gasteiger partial charge on any atom is 0.325 e. The Morgan fingerprint density at radius 3 is 2.83 bits per heavy atom. The van der Waals surface area contributed by atoms with E-state index in [1.54, 1.807) is 13.0 Å². The fraction of sp³-hybridized carbons (Fsp3) is 0.200. The molecule has 2 heterocycles. The number of carbonyl (C=O) groups excluding carboxylic acids is 1. The highest BCUT2D eigenvalue weighted by Gasteiger charge is 2.12. The van der Waals surface area contributed by atoms with Crippen molar-refractivity contribution in [3.05, 3.63) is 52.0 Å². The Kier molecular flexibility index (Phi) is 4.52. The number of amides is 2. The van der Waals surface area contributed by atoms with Gasteiger partial charge in [-0.25, -0.2) is 9.18 Å². The number of benzene rings is 1. The summed E-state index contributed by atoms with van der Waals surface area (Å²) in [5.74, 6) is -0.291. The molecule has 0 unspecified atom stereocenters. The van der Waals surface area contributed by atoms with Crippen molar-refractivity contribution in [1.29, 1.82) is 0 Å². The summed E-state index contributed by atoms with van der Waals surface area (Å²) >= 11 is 1.24. The van der Waals surface area contributed by atoms with E-state index in [-0.39, 0.29) is 5.82 Å². The fourth-order valence-electron chi connectivity index (χ4n) is 2.17. The maximum absolute atomic E-state index is 13.2. The minimum Gasteiger partial charge on any atom is -0.304 e. The molecule has 24 heavy (non-hydrogen) atoms. The van der Waals surface area contributed by atoms with Gasteiger partial charge >= 0.3 is 6.03 Å². The Bertz CT molecular complexity index is 855. The Morgan fingerprint density at radius 1 is 1.29 bits per heavy atom. The van der Waals surface area contributed by atoms with Gasteiger partial charge in [0.25, 0.3) is 0 Å². The van der Waals surface area contributed by atoms with E-state index in [0.717, 1.165) is 11.3 Å². The zero-order valence-electron chi connectivity index (χ0n) is 13.1. The van der Waals surface area contributed by atoms with Gasteiger partial charge in [-0.3, -0.25) is 10.4 Å². The summed E-state index contributed by atoms with van der Waals surface area (Å²) in [6.45, 7) is 3.61. The van der Waals surface area contributed by atoms with Crippen LogP contribution in [-0.2, 0) is 6.42 Å².